The van der Waals surface area contributed by atoms with E-state index in [4.69, 9.17) is 9.98 Å². The van der Waals surface area contributed by atoms with Gasteiger partial charge in [0.25, 0.3) is 5.69 Å². The molecule has 0 spiro atoms. The summed E-state index contributed by atoms with van der Waals surface area (Å²) >= 11 is 0. The number of hydrogen-bond donors (Lipinski definition) is 0. The number of non-ortho nitro benzene ring substituents is 1. The molecular formula is C50H41N5O2. The van der Waals surface area contributed by atoms with Gasteiger partial charge in [0.05, 0.1) is 17.0 Å². The molecule has 9 rings (SSSR count). The maximum absolute atomic E-state index is 13.0. The summed E-state index contributed by atoms with van der Waals surface area (Å²) in [4.78, 5) is 28.2. The third-order valence-electron chi connectivity index (χ3n) is 11.0. The fourth-order valence-electron chi connectivity index (χ4n) is 8.23. The predicted octanol–water partition coefficient (Wildman–Crippen LogP) is 11.7. The second-order valence-electron chi connectivity index (χ2n) is 14.8. The fraction of sp³-hybridized carbons (Fsp3) is 0.120. The monoisotopic (exact) mass is 743 g/mol. The molecule has 0 saturated heterocycles. The number of aryl methyl sites for hydroxylation is 2. The molecule has 7 nitrogen and oxygen atoms in total. The zero-order chi connectivity index (χ0) is 38.9. The highest BCUT2D eigenvalue weighted by atomic mass is 16.6. The van der Waals surface area contributed by atoms with Crippen LogP contribution in [0.4, 0.5) is 17.1 Å². The van der Waals surface area contributed by atoms with Gasteiger partial charge in [-0.05, 0) is 66.4 Å². The molecule has 278 valence electrons. The summed E-state index contributed by atoms with van der Waals surface area (Å²) in [7, 11) is 0. The van der Waals surface area contributed by atoms with Crippen molar-refractivity contribution in [2.75, 3.05) is 9.80 Å². The van der Waals surface area contributed by atoms with Crippen molar-refractivity contribution in [1.82, 2.24) is 0 Å². The van der Waals surface area contributed by atoms with Crippen LogP contribution in [-0.2, 0) is 0 Å². The summed E-state index contributed by atoms with van der Waals surface area (Å²) in [5, 5.41) is 13.0. The molecule has 0 unspecified atom stereocenters. The summed E-state index contributed by atoms with van der Waals surface area (Å²) in [5.41, 5.74) is 9.76. The zero-order valence-electron chi connectivity index (χ0n) is 31.8. The molecule has 2 aliphatic heterocycles. The molecule has 2 heterocycles. The third kappa shape index (κ3) is 6.89. The minimum Gasteiger partial charge on any atom is -0.316 e. The summed E-state index contributed by atoms with van der Waals surface area (Å²) < 4.78 is 0. The molecule has 0 aliphatic carbocycles. The molecule has 7 aromatic rings. The zero-order valence-corrected chi connectivity index (χ0v) is 31.8. The number of aliphatic imine (C=N–C) groups is 2. The smallest absolute Gasteiger partial charge is 0.270 e. The van der Waals surface area contributed by atoms with Crippen LogP contribution in [0.2, 0.25) is 0 Å². The Balaban J connectivity index is 1.27. The van der Waals surface area contributed by atoms with Crippen molar-refractivity contribution in [1.29, 1.82) is 0 Å². The van der Waals surface area contributed by atoms with E-state index < -0.39 is 0 Å². The highest BCUT2D eigenvalue weighted by Gasteiger charge is 2.42. The number of nitrogens with zero attached hydrogens (tertiary/aromatic N) is 5. The summed E-state index contributed by atoms with van der Waals surface area (Å²) in [5.74, 6) is 1.32. The lowest BCUT2D eigenvalue weighted by molar-refractivity contribution is -0.384. The number of amidine groups is 2. The van der Waals surface area contributed by atoms with Gasteiger partial charge in [-0.2, -0.15) is 0 Å². The number of nitro benzene ring substituents is 1. The Morgan fingerprint density at radius 3 is 1.12 bits per heavy atom. The van der Waals surface area contributed by atoms with E-state index in [9.17, 15) is 10.1 Å². The molecule has 0 amide bonds. The topological polar surface area (TPSA) is 74.3 Å². The molecule has 0 saturated carbocycles. The van der Waals surface area contributed by atoms with Crippen molar-refractivity contribution in [3.8, 4) is 0 Å². The first-order valence-corrected chi connectivity index (χ1v) is 19.3. The van der Waals surface area contributed by atoms with Crippen LogP contribution < -0.4 is 9.80 Å². The SMILES string of the molecule is Cc1ccc(N2C(c3cc(C4=N[C@@H](c5ccccc5)[C@H](c5ccccc5)N4c4ccc(C)cc4)cc([N+](=O)[O-])c3)=N[C@@H](c3ccccc3)[C@@H]2c2ccccc2)cc1. The van der Waals surface area contributed by atoms with Crippen molar-refractivity contribution in [2.45, 2.75) is 38.0 Å². The first-order chi connectivity index (χ1) is 27.9. The molecule has 7 aromatic carbocycles. The van der Waals surface area contributed by atoms with Crippen LogP contribution in [0.15, 0.2) is 198 Å². The fourth-order valence-corrected chi connectivity index (χ4v) is 8.23. The van der Waals surface area contributed by atoms with Crippen LogP contribution in [0, 0.1) is 24.0 Å². The van der Waals surface area contributed by atoms with E-state index in [1.54, 1.807) is 12.1 Å². The van der Waals surface area contributed by atoms with Crippen molar-refractivity contribution in [3.63, 3.8) is 0 Å². The van der Waals surface area contributed by atoms with Gasteiger partial charge in [0.2, 0.25) is 0 Å². The summed E-state index contributed by atoms with van der Waals surface area (Å²) in [6.45, 7) is 4.15. The maximum Gasteiger partial charge on any atom is 0.270 e. The average Bonchev–Trinajstić information content (AvgIpc) is 3.86. The van der Waals surface area contributed by atoms with E-state index in [0.29, 0.717) is 22.8 Å². The van der Waals surface area contributed by atoms with Crippen LogP contribution in [0.25, 0.3) is 0 Å². The first kappa shape index (κ1) is 35.6. The van der Waals surface area contributed by atoms with Crippen LogP contribution in [-0.4, -0.2) is 16.6 Å². The Labute approximate surface area is 333 Å². The molecule has 0 aromatic heterocycles. The van der Waals surface area contributed by atoms with E-state index >= 15 is 0 Å². The highest BCUT2D eigenvalue weighted by Crippen LogP contribution is 2.48. The Morgan fingerprint density at radius 2 is 0.789 bits per heavy atom. The molecule has 0 bridgehead atoms. The second kappa shape index (κ2) is 15.2. The molecule has 7 heteroatoms. The maximum atomic E-state index is 13.0. The molecule has 0 radical (unpaired) electrons. The molecule has 0 fully saturated rings. The van der Waals surface area contributed by atoms with E-state index in [-0.39, 0.29) is 34.8 Å². The molecule has 0 N–H and O–H groups in total. The number of benzene rings is 7. The van der Waals surface area contributed by atoms with Crippen molar-refractivity contribution >= 4 is 28.7 Å². The van der Waals surface area contributed by atoms with Crippen LogP contribution in [0.1, 0.15) is 68.7 Å². The van der Waals surface area contributed by atoms with Crippen LogP contribution >= 0.6 is 0 Å². The molecule has 57 heavy (non-hydrogen) atoms. The Hall–Kier alpha value is -7.12. The van der Waals surface area contributed by atoms with Gasteiger partial charge in [-0.3, -0.25) is 20.1 Å². The van der Waals surface area contributed by atoms with Crippen molar-refractivity contribution < 1.29 is 4.92 Å². The van der Waals surface area contributed by atoms with E-state index in [1.807, 2.05) is 54.6 Å². The number of rotatable bonds is 9. The Bertz CT molecular complexity index is 2400. The lowest BCUT2D eigenvalue weighted by Gasteiger charge is -2.32. The average molecular weight is 744 g/mol. The number of anilines is 2. The lowest BCUT2D eigenvalue weighted by atomic mass is 9.93. The van der Waals surface area contributed by atoms with Crippen molar-refractivity contribution in [3.05, 3.63) is 243 Å². The first-order valence-electron chi connectivity index (χ1n) is 19.3. The van der Waals surface area contributed by atoms with Gasteiger partial charge in [0.15, 0.2) is 0 Å². The predicted molar refractivity (Wildman–Crippen MR) is 230 cm³/mol. The minimum atomic E-state index is -0.308. The number of hydrogen-bond acceptors (Lipinski definition) is 6. The van der Waals surface area contributed by atoms with Gasteiger partial charge < -0.3 is 9.80 Å². The molecule has 2 aliphatic rings. The van der Waals surface area contributed by atoms with Gasteiger partial charge in [-0.25, -0.2) is 0 Å². The summed E-state index contributed by atoms with van der Waals surface area (Å²) in [6.07, 6.45) is 0. The minimum absolute atomic E-state index is 0.0283. The normalized spacial score (nSPS) is 19.0. The quantitative estimate of drug-likeness (QED) is 0.109. The lowest BCUT2D eigenvalue weighted by Crippen LogP contribution is -2.33. The van der Waals surface area contributed by atoms with E-state index in [0.717, 1.165) is 44.8 Å². The van der Waals surface area contributed by atoms with E-state index in [2.05, 4.69) is 145 Å². The van der Waals surface area contributed by atoms with Crippen LogP contribution in [0.5, 0.6) is 0 Å². The molecule has 4 atom stereocenters. The van der Waals surface area contributed by atoms with Gasteiger partial charge in [-0.1, -0.05) is 157 Å². The van der Waals surface area contributed by atoms with Crippen molar-refractivity contribution in [2.24, 2.45) is 9.98 Å². The number of nitro groups is 1. The Morgan fingerprint density at radius 1 is 0.456 bits per heavy atom. The molecular weight excluding hydrogens is 703 g/mol. The van der Waals surface area contributed by atoms with Gasteiger partial charge in [0, 0.05) is 34.6 Å². The van der Waals surface area contributed by atoms with Gasteiger partial charge in [-0.15, -0.1) is 0 Å². The Kier molecular flexibility index (Phi) is 9.48. The second-order valence-corrected chi connectivity index (χ2v) is 14.8. The van der Waals surface area contributed by atoms with Gasteiger partial charge >= 0.3 is 0 Å². The van der Waals surface area contributed by atoms with Gasteiger partial charge in [0.1, 0.15) is 23.8 Å². The standard InChI is InChI=1S/C50H41N5O2/c1-34-23-27-42(28-24-34)53-47(38-19-11-5-12-20-38)45(36-15-7-3-8-16-36)51-49(53)40-31-41(33-44(32-40)55(56)57)50-52-46(37-17-9-4-10-18-37)48(39-21-13-6-14-22-39)54(50)43-29-25-35(2)26-30-43/h3-33,45-48H,1-2H3/t45-,46-,47-,48-/m0/s1. The summed E-state index contributed by atoms with van der Waals surface area (Å²) in [6, 6.07) is 62.6. The third-order valence-corrected chi connectivity index (χ3v) is 11.0. The highest BCUT2D eigenvalue weighted by molar-refractivity contribution is 6.16. The largest absolute Gasteiger partial charge is 0.316 e. The van der Waals surface area contributed by atoms with Crippen LogP contribution in [0.3, 0.4) is 0 Å². The van der Waals surface area contributed by atoms with E-state index in [1.165, 1.54) is 0 Å².